The van der Waals surface area contributed by atoms with Crippen LogP contribution in [0.25, 0.3) is 11.8 Å². The first-order valence-electron chi connectivity index (χ1n) is 10.8. The molecule has 1 aliphatic rings. The van der Waals surface area contributed by atoms with E-state index in [1.54, 1.807) is 12.1 Å². The maximum absolute atomic E-state index is 12.9. The van der Waals surface area contributed by atoms with Crippen molar-refractivity contribution < 1.29 is 14.4 Å². The first-order chi connectivity index (χ1) is 16.2. The zero-order valence-corrected chi connectivity index (χ0v) is 20.3. The van der Waals surface area contributed by atoms with Gasteiger partial charge in [0.05, 0.1) is 4.91 Å². The minimum Gasteiger partial charge on any atom is -0.378 e. The quantitative estimate of drug-likeness (QED) is 0.518. The highest BCUT2D eigenvalue weighted by atomic mass is 32.2. The zero-order valence-electron chi connectivity index (χ0n) is 19.5. The lowest BCUT2D eigenvalue weighted by molar-refractivity contribution is -0.127. The molecule has 3 aromatic rings. The average Bonchev–Trinajstić information content (AvgIpc) is 3.36. The molecule has 0 saturated carbocycles. The number of amides is 3. The molecule has 0 aliphatic carbocycles. The fourth-order valence-corrected chi connectivity index (χ4v) is 4.42. The summed E-state index contributed by atoms with van der Waals surface area (Å²) in [4.78, 5) is 41.2. The molecule has 0 bridgehead atoms. The number of benzene rings is 2. The summed E-state index contributed by atoms with van der Waals surface area (Å²) in [7, 11) is 3.96. The molecule has 34 heavy (non-hydrogen) atoms. The number of thioether (sulfide) groups is 1. The van der Waals surface area contributed by atoms with Gasteiger partial charge < -0.3 is 14.8 Å². The fourth-order valence-electron chi connectivity index (χ4n) is 3.59. The molecular formula is C26H26N4O3S. The SMILES string of the molecule is Cc1ccc(NC(=O)CN2C(=O)S/C(=C/c3cccn3-c3ccc(N(C)C)cc3)C2=O)cc1C. The summed E-state index contributed by atoms with van der Waals surface area (Å²) >= 11 is 0.842. The van der Waals surface area contributed by atoms with Gasteiger partial charge in [-0.2, -0.15) is 0 Å². The predicted octanol–water partition coefficient (Wildman–Crippen LogP) is 4.84. The van der Waals surface area contributed by atoms with Crippen LogP contribution in [0.1, 0.15) is 16.8 Å². The molecule has 7 nitrogen and oxygen atoms in total. The van der Waals surface area contributed by atoms with E-state index in [2.05, 4.69) is 5.32 Å². The van der Waals surface area contributed by atoms with Crippen LogP contribution in [-0.2, 0) is 9.59 Å². The molecule has 4 rings (SSSR count). The van der Waals surface area contributed by atoms with Crippen LogP contribution in [0.5, 0.6) is 0 Å². The van der Waals surface area contributed by atoms with Crippen molar-refractivity contribution >= 4 is 46.3 Å². The minimum atomic E-state index is -0.471. The molecule has 1 aliphatic heterocycles. The van der Waals surface area contributed by atoms with Gasteiger partial charge in [-0.05, 0) is 91.3 Å². The number of imide groups is 1. The van der Waals surface area contributed by atoms with Crippen LogP contribution in [-0.4, -0.2) is 47.2 Å². The standard InChI is InChI=1S/C26H26N4O3S/c1-17-7-8-19(14-18(17)2)27-24(31)16-30-25(32)23(34-26(30)33)15-22-6-5-13-29(22)21-11-9-20(10-12-21)28(3)4/h5-15H,16H2,1-4H3,(H,27,31)/b23-15+. The number of carbonyl (C=O) groups excluding carboxylic acids is 3. The van der Waals surface area contributed by atoms with Gasteiger partial charge in [0.1, 0.15) is 6.54 Å². The van der Waals surface area contributed by atoms with Gasteiger partial charge in [0.15, 0.2) is 0 Å². The number of rotatable bonds is 6. The van der Waals surface area contributed by atoms with Crippen LogP contribution in [0.3, 0.4) is 0 Å². The summed E-state index contributed by atoms with van der Waals surface area (Å²) in [5.41, 5.74) is 5.58. The molecule has 174 valence electrons. The Hall–Kier alpha value is -3.78. The van der Waals surface area contributed by atoms with Crippen molar-refractivity contribution in [1.29, 1.82) is 0 Å². The number of aromatic nitrogens is 1. The Kier molecular flexibility index (Phi) is 6.61. The molecule has 1 N–H and O–H groups in total. The fraction of sp³-hybridized carbons (Fsp3) is 0.192. The van der Waals surface area contributed by atoms with Gasteiger partial charge in [-0.1, -0.05) is 6.07 Å². The number of carbonyl (C=O) groups is 3. The number of nitrogens with one attached hydrogen (secondary N) is 1. The Morgan fingerprint density at radius 2 is 1.76 bits per heavy atom. The van der Waals surface area contributed by atoms with E-state index in [4.69, 9.17) is 0 Å². The second-order valence-corrected chi connectivity index (χ2v) is 9.32. The normalized spacial score (nSPS) is 14.7. The molecule has 2 heterocycles. The van der Waals surface area contributed by atoms with Gasteiger partial charge in [-0.3, -0.25) is 19.3 Å². The highest BCUT2D eigenvalue weighted by Gasteiger charge is 2.36. The molecule has 1 fully saturated rings. The van der Waals surface area contributed by atoms with Gasteiger partial charge in [-0.25, -0.2) is 0 Å². The van der Waals surface area contributed by atoms with Crippen LogP contribution in [0.4, 0.5) is 16.2 Å². The molecule has 3 amide bonds. The molecule has 8 heteroatoms. The van der Waals surface area contributed by atoms with Crippen molar-refractivity contribution in [3.63, 3.8) is 0 Å². The van der Waals surface area contributed by atoms with E-state index < -0.39 is 17.1 Å². The lowest BCUT2D eigenvalue weighted by atomic mass is 10.1. The van der Waals surface area contributed by atoms with Crippen molar-refractivity contribution in [2.24, 2.45) is 0 Å². The molecular weight excluding hydrogens is 448 g/mol. The maximum atomic E-state index is 12.9. The number of nitrogens with zero attached hydrogens (tertiary/aromatic N) is 3. The smallest absolute Gasteiger partial charge is 0.294 e. The van der Waals surface area contributed by atoms with E-state index in [1.165, 1.54) is 0 Å². The third kappa shape index (κ3) is 4.92. The number of hydrogen-bond acceptors (Lipinski definition) is 5. The first-order valence-corrected chi connectivity index (χ1v) is 11.6. The first kappa shape index (κ1) is 23.4. The summed E-state index contributed by atoms with van der Waals surface area (Å²) in [5.74, 6) is -0.892. The van der Waals surface area contributed by atoms with Crippen molar-refractivity contribution in [3.8, 4) is 5.69 Å². The lowest BCUT2D eigenvalue weighted by Crippen LogP contribution is -2.36. The van der Waals surface area contributed by atoms with E-state index in [-0.39, 0.29) is 11.4 Å². The number of aryl methyl sites for hydroxylation is 2. The van der Waals surface area contributed by atoms with Gasteiger partial charge in [-0.15, -0.1) is 0 Å². The topological polar surface area (TPSA) is 74.7 Å². The molecule has 0 atom stereocenters. The highest BCUT2D eigenvalue weighted by molar-refractivity contribution is 8.18. The Labute approximate surface area is 203 Å². The summed E-state index contributed by atoms with van der Waals surface area (Å²) in [6.07, 6.45) is 3.59. The molecule has 0 spiro atoms. The Morgan fingerprint density at radius 1 is 1.03 bits per heavy atom. The van der Waals surface area contributed by atoms with Crippen molar-refractivity contribution in [3.05, 3.63) is 82.5 Å². The lowest BCUT2D eigenvalue weighted by Gasteiger charge is -2.14. The Bertz CT molecular complexity index is 1290. The summed E-state index contributed by atoms with van der Waals surface area (Å²) in [6.45, 7) is 3.61. The Morgan fingerprint density at radius 3 is 2.44 bits per heavy atom. The van der Waals surface area contributed by atoms with E-state index in [9.17, 15) is 14.4 Å². The van der Waals surface area contributed by atoms with Gasteiger partial charge in [0.2, 0.25) is 5.91 Å². The highest BCUT2D eigenvalue weighted by Crippen LogP contribution is 2.32. The van der Waals surface area contributed by atoms with E-state index >= 15 is 0 Å². The molecule has 0 unspecified atom stereocenters. The van der Waals surface area contributed by atoms with Crippen molar-refractivity contribution in [2.45, 2.75) is 13.8 Å². The molecule has 0 radical (unpaired) electrons. The summed E-state index contributed by atoms with van der Waals surface area (Å²) in [6, 6.07) is 17.4. The molecule has 1 saturated heterocycles. The van der Waals surface area contributed by atoms with Gasteiger partial charge >= 0.3 is 0 Å². The van der Waals surface area contributed by atoms with E-state index in [0.717, 1.165) is 44.9 Å². The third-order valence-corrected chi connectivity index (χ3v) is 6.58. The number of hydrogen-bond donors (Lipinski definition) is 1. The van der Waals surface area contributed by atoms with Crippen LogP contribution in [0.2, 0.25) is 0 Å². The largest absolute Gasteiger partial charge is 0.378 e. The van der Waals surface area contributed by atoms with Crippen LogP contribution in [0.15, 0.2) is 65.7 Å². The summed E-state index contributed by atoms with van der Waals surface area (Å²) in [5, 5.41) is 2.30. The van der Waals surface area contributed by atoms with E-state index in [0.29, 0.717) is 5.69 Å². The van der Waals surface area contributed by atoms with Crippen LogP contribution in [0, 0.1) is 13.8 Å². The predicted molar refractivity (Wildman–Crippen MR) is 137 cm³/mol. The average molecular weight is 475 g/mol. The monoisotopic (exact) mass is 474 g/mol. The second-order valence-electron chi connectivity index (χ2n) is 8.33. The maximum Gasteiger partial charge on any atom is 0.294 e. The van der Waals surface area contributed by atoms with Crippen molar-refractivity contribution in [1.82, 2.24) is 9.47 Å². The van der Waals surface area contributed by atoms with E-state index in [1.807, 2.05) is 92.1 Å². The molecule has 2 aromatic carbocycles. The second kappa shape index (κ2) is 9.61. The van der Waals surface area contributed by atoms with Crippen molar-refractivity contribution in [2.75, 3.05) is 30.9 Å². The van der Waals surface area contributed by atoms with Gasteiger partial charge in [0, 0.05) is 43.0 Å². The van der Waals surface area contributed by atoms with Gasteiger partial charge in [0.25, 0.3) is 11.1 Å². The van der Waals surface area contributed by atoms with Crippen LogP contribution >= 0.6 is 11.8 Å². The molecule has 1 aromatic heterocycles. The third-order valence-electron chi connectivity index (χ3n) is 5.67. The summed E-state index contributed by atoms with van der Waals surface area (Å²) < 4.78 is 1.94. The number of anilines is 2. The zero-order chi connectivity index (χ0) is 24.4. The van der Waals surface area contributed by atoms with Crippen LogP contribution < -0.4 is 10.2 Å². The minimum absolute atomic E-state index is 0.286. The Balaban J connectivity index is 1.48.